The van der Waals surface area contributed by atoms with Gasteiger partial charge in [-0.1, -0.05) is 18.2 Å². The Bertz CT molecular complexity index is 774. The summed E-state index contributed by atoms with van der Waals surface area (Å²) in [5.41, 5.74) is 0.717. The Hall–Kier alpha value is -2.19. The van der Waals surface area contributed by atoms with E-state index in [1.807, 2.05) is 6.07 Å². The first-order valence-electron chi connectivity index (χ1n) is 6.18. The third-order valence-corrected chi connectivity index (χ3v) is 3.46. The first-order chi connectivity index (χ1) is 9.87. The van der Waals surface area contributed by atoms with Crippen molar-refractivity contribution in [3.8, 4) is 0 Å². The molecule has 0 aliphatic heterocycles. The minimum absolute atomic E-state index is 0.0491. The lowest BCUT2D eigenvalue weighted by Gasteiger charge is -2.10. The van der Waals surface area contributed by atoms with Gasteiger partial charge in [-0.3, -0.25) is 0 Å². The number of carbonyl (C=O) groups is 1. The Balaban J connectivity index is 2.21. The molecule has 1 heterocycles. The van der Waals surface area contributed by atoms with Crippen molar-refractivity contribution in [1.29, 1.82) is 0 Å². The molecule has 1 aromatic heterocycles. The second kappa shape index (κ2) is 6.06. The second-order valence-corrected chi connectivity index (χ2v) is 6.31. The average Bonchev–Trinajstić information content (AvgIpc) is 2.41. The van der Waals surface area contributed by atoms with Crippen molar-refractivity contribution in [3.63, 3.8) is 0 Å². The molecule has 112 valence electrons. The number of hydrogen-bond acceptors (Lipinski definition) is 5. The topological polar surface area (TPSA) is 108 Å². The summed E-state index contributed by atoms with van der Waals surface area (Å²) in [6, 6.07) is 8.71. The van der Waals surface area contributed by atoms with Gasteiger partial charge in [0.2, 0.25) is 10.0 Å². The van der Waals surface area contributed by atoms with E-state index < -0.39 is 16.0 Å². The van der Waals surface area contributed by atoms with E-state index >= 15 is 0 Å². The summed E-state index contributed by atoms with van der Waals surface area (Å²) in [6.07, 6.45) is 1.06. The minimum atomic E-state index is -3.27. The zero-order chi connectivity index (χ0) is 15.5. The van der Waals surface area contributed by atoms with Crippen LogP contribution in [-0.4, -0.2) is 43.8 Å². The fourth-order valence-electron chi connectivity index (χ4n) is 1.83. The molecule has 3 N–H and O–H groups in total. The number of carboxylic acid groups (broad SMARTS) is 1. The van der Waals surface area contributed by atoms with Gasteiger partial charge in [-0.05, 0) is 12.1 Å². The Morgan fingerprint density at radius 3 is 2.67 bits per heavy atom. The average molecular weight is 309 g/mol. The lowest BCUT2D eigenvalue weighted by Crippen LogP contribution is -2.28. The third kappa shape index (κ3) is 4.14. The number of nitrogens with one attached hydrogen (secondary N) is 2. The van der Waals surface area contributed by atoms with Gasteiger partial charge in [0.15, 0.2) is 0 Å². The Morgan fingerprint density at radius 2 is 2.00 bits per heavy atom. The van der Waals surface area contributed by atoms with Gasteiger partial charge >= 0.3 is 5.97 Å². The molecule has 0 amide bonds. The summed E-state index contributed by atoms with van der Waals surface area (Å²) in [5, 5.41) is 12.8. The fraction of sp³-hybridized carbons (Fsp3) is 0.231. The number of benzene rings is 1. The number of nitrogens with zero attached hydrogens (tertiary/aromatic N) is 1. The molecule has 0 saturated heterocycles. The highest BCUT2D eigenvalue weighted by Gasteiger charge is 2.13. The zero-order valence-electron chi connectivity index (χ0n) is 11.3. The van der Waals surface area contributed by atoms with Crippen LogP contribution in [0.25, 0.3) is 10.9 Å². The zero-order valence-corrected chi connectivity index (χ0v) is 12.1. The van der Waals surface area contributed by atoms with Crippen molar-refractivity contribution in [2.75, 3.05) is 24.7 Å². The maximum atomic E-state index is 11.3. The van der Waals surface area contributed by atoms with E-state index in [4.69, 9.17) is 0 Å². The maximum Gasteiger partial charge on any atom is 0.339 e. The van der Waals surface area contributed by atoms with E-state index in [0.29, 0.717) is 5.52 Å². The predicted octanol–water partition coefficient (Wildman–Crippen LogP) is 0.894. The van der Waals surface area contributed by atoms with Crippen molar-refractivity contribution in [1.82, 2.24) is 9.71 Å². The SMILES string of the molecule is CS(=O)(=O)NCCNc1nc2ccccc2cc1C(=O)O. The second-order valence-electron chi connectivity index (χ2n) is 4.48. The molecule has 2 rings (SSSR count). The highest BCUT2D eigenvalue weighted by atomic mass is 32.2. The van der Waals surface area contributed by atoms with E-state index in [1.165, 1.54) is 6.07 Å². The summed E-state index contributed by atoms with van der Waals surface area (Å²) in [6.45, 7) is 0.380. The molecule has 8 heteroatoms. The lowest BCUT2D eigenvalue weighted by molar-refractivity contribution is 0.0697. The molecule has 7 nitrogen and oxygen atoms in total. The fourth-order valence-corrected chi connectivity index (χ4v) is 2.30. The van der Waals surface area contributed by atoms with Crippen LogP contribution in [0.1, 0.15) is 10.4 Å². The predicted molar refractivity (Wildman–Crippen MR) is 80.0 cm³/mol. The Morgan fingerprint density at radius 1 is 1.29 bits per heavy atom. The van der Waals surface area contributed by atoms with Crippen molar-refractivity contribution in [3.05, 3.63) is 35.9 Å². The molecule has 0 atom stereocenters. The number of fused-ring (bicyclic) bond motifs is 1. The normalized spacial score (nSPS) is 11.5. The van der Waals surface area contributed by atoms with E-state index in [1.54, 1.807) is 18.2 Å². The molecule has 0 fully saturated rings. The molecule has 21 heavy (non-hydrogen) atoms. The summed E-state index contributed by atoms with van der Waals surface area (Å²) in [5.74, 6) is -0.872. The quantitative estimate of drug-likeness (QED) is 0.684. The first-order valence-corrected chi connectivity index (χ1v) is 8.07. The molecule has 0 saturated carbocycles. The van der Waals surface area contributed by atoms with Gasteiger partial charge in [0.1, 0.15) is 11.4 Å². The van der Waals surface area contributed by atoms with Gasteiger partial charge in [-0.15, -0.1) is 0 Å². The lowest BCUT2D eigenvalue weighted by atomic mass is 10.1. The molecule has 1 aromatic carbocycles. The van der Waals surface area contributed by atoms with Crippen molar-refractivity contribution in [2.45, 2.75) is 0 Å². The number of hydrogen-bond donors (Lipinski definition) is 3. The summed E-state index contributed by atoms with van der Waals surface area (Å²) >= 11 is 0. The molecule has 0 aliphatic rings. The number of carboxylic acids is 1. The minimum Gasteiger partial charge on any atom is -0.478 e. The summed E-state index contributed by atoms with van der Waals surface area (Å²) < 4.78 is 24.2. The monoisotopic (exact) mass is 309 g/mol. The molecule has 0 aliphatic carbocycles. The van der Waals surface area contributed by atoms with E-state index in [9.17, 15) is 18.3 Å². The number of aromatic nitrogens is 1. The van der Waals surface area contributed by atoms with Crippen LogP contribution in [0.5, 0.6) is 0 Å². The van der Waals surface area contributed by atoms with E-state index in [-0.39, 0.29) is 24.5 Å². The number of rotatable bonds is 6. The van der Waals surface area contributed by atoms with Gasteiger partial charge in [0, 0.05) is 18.5 Å². The number of sulfonamides is 1. The van der Waals surface area contributed by atoms with Gasteiger partial charge in [-0.25, -0.2) is 22.9 Å². The number of pyridine rings is 1. The number of anilines is 1. The summed E-state index contributed by atoms with van der Waals surface area (Å²) in [4.78, 5) is 15.5. The van der Waals surface area contributed by atoms with Gasteiger partial charge in [0.05, 0.1) is 11.8 Å². The third-order valence-electron chi connectivity index (χ3n) is 2.74. The van der Waals surface area contributed by atoms with Gasteiger partial charge < -0.3 is 10.4 Å². The molecule has 0 bridgehead atoms. The largest absolute Gasteiger partial charge is 0.478 e. The van der Waals surface area contributed by atoms with Crippen LogP contribution in [0.3, 0.4) is 0 Å². The Labute approximate surface area is 122 Å². The number of para-hydroxylation sites is 1. The van der Waals surface area contributed by atoms with Crippen LogP contribution in [0, 0.1) is 0 Å². The van der Waals surface area contributed by atoms with Crippen LogP contribution < -0.4 is 10.0 Å². The van der Waals surface area contributed by atoms with Crippen LogP contribution in [0.2, 0.25) is 0 Å². The highest BCUT2D eigenvalue weighted by molar-refractivity contribution is 7.88. The smallest absolute Gasteiger partial charge is 0.339 e. The Kier molecular flexibility index (Phi) is 4.39. The maximum absolute atomic E-state index is 11.3. The summed E-state index contributed by atoms with van der Waals surface area (Å²) in [7, 11) is -3.27. The molecular formula is C13H15N3O4S. The van der Waals surface area contributed by atoms with Gasteiger partial charge in [0.25, 0.3) is 0 Å². The molecular weight excluding hydrogens is 294 g/mol. The highest BCUT2D eigenvalue weighted by Crippen LogP contribution is 2.20. The first kappa shape index (κ1) is 15.2. The molecule has 0 unspecified atom stereocenters. The van der Waals surface area contributed by atoms with Crippen LogP contribution in [-0.2, 0) is 10.0 Å². The number of aromatic carboxylic acids is 1. The molecule has 2 aromatic rings. The molecule has 0 spiro atoms. The van der Waals surface area contributed by atoms with Crippen LogP contribution in [0.15, 0.2) is 30.3 Å². The molecule has 0 radical (unpaired) electrons. The van der Waals surface area contributed by atoms with Gasteiger partial charge in [-0.2, -0.15) is 0 Å². The van der Waals surface area contributed by atoms with Crippen molar-refractivity contribution >= 4 is 32.7 Å². The van der Waals surface area contributed by atoms with Crippen LogP contribution >= 0.6 is 0 Å². The van der Waals surface area contributed by atoms with Crippen molar-refractivity contribution < 1.29 is 18.3 Å². The van der Waals surface area contributed by atoms with E-state index in [0.717, 1.165) is 11.6 Å². The van der Waals surface area contributed by atoms with Crippen molar-refractivity contribution in [2.24, 2.45) is 0 Å². The van der Waals surface area contributed by atoms with Crippen LogP contribution in [0.4, 0.5) is 5.82 Å². The van der Waals surface area contributed by atoms with E-state index in [2.05, 4.69) is 15.0 Å². The standard InChI is InChI=1S/C13H15N3O4S/c1-21(19,20)15-7-6-14-12-10(13(17)18)8-9-4-2-3-5-11(9)16-12/h2-5,8,15H,6-7H2,1H3,(H,14,16)(H,17,18).